The Hall–Kier alpha value is -2.02. The summed E-state index contributed by atoms with van der Waals surface area (Å²) in [5, 5.41) is 6.69. The van der Waals surface area contributed by atoms with Crippen LogP contribution in [0.2, 0.25) is 0 Å². The van der Waals surface area contributed by atoms with Crippen molar-refractivity contribution >= 4 is 11.9 Å². The molecule has 0 radical (unpaired) electrons. The summed E-state index contributed by atoms with van der Waals surface area (Å²) in [6.07, 6.45) is 6.02. The maximum absolute atomic E-state index is 11.6. The Balaban J connectivity index is 1.69. The van der Waals surface area contributed by atoms with Gasteiger partial charge in [0.1, 0.15) is 5.76 Å². The van der Waals surface area contributed by atoms with Crippen LogP contribution in [0, 0.1) is 0 Å². The van der Waals surface area contributed by atoms with Crippen molar-refractivity contribution in [3.8, 4) is 0 Å². The SMILES string of the molecule is CCOCCCNC(=NCCCN1CCCC1=O)NCCc1ccco1. The number of carbonyl (C=O) groups excluding carboxylic acids is 1. The van der Waals surface area contributed by atoms with Crippen molar-refractivity contribution < 1.29 is 13.9 Å². The monoisotopic (exact) mass is 364 g/mol. The number of hydrogen-bond donors (Lipinski definition) is 2. The van der Waals surface area contributed by atoms with E-state index < -0.39 is 0 Å². The molecule has 1 aromatic rings. The number of guanidine groups is 1. The summed E-state index contributed by atoms with van der Waals surface area (Å²) in [5.41, 5.74) is 0. The summed E-state index contributed by atoms with van der Waals surface area (Å²) in [5.74, 6) is 2.04. The van der Waals surface area contributed by atoms with Gasteiger partial charge in [-0.25, -0.2) is 0 Å². The maximum Gasteiger partial charge on any atom is 0.222 e. The van der Waals surface area contributed by atoms with Gasteiger partial charge in [0.25, 0.3) is 0 Å². The van der Waals surface area contributed by atoms with Crippen molar-refractivity contribution in [2.45, 2.75) is 39.0 Å². The smallest absolute Gasteiger partial charge is 0.222 e. The zero-order valence-corrected chi connectivity index (χ0v) is 15.8. The van der Waals surface area contributed by atoms with Crippen molar-refractivity contribution in [1.82, 2.24) is 15.5 Å². The molecule has 1 saturated heterocycles. The molecule has 146 valence electrons. The Morgan fingerprint density at radius 1 is 1.35 bits per heavy atom. The lowest BCUT2D eigenvalue weighted by Crippen LogP contribution is -2.39. The number of nitrogens with zero attached hydrogens (tertiary/aromatic N) is 2. The summed E-state index contributed by atoms with van der Waals surface area (Å²) in [4.78, 5) is 18.2. The van der Waals surface area contributed by atoms with Gasteiger partial charge in [-0.3, -0.25) is 9.79 Å². The highest BCUT2D eigenvalue weighted by Gasteiger charge is 2.18. The van der Waals surface area contributed by atoms with Gasteiger partial charge in [-0.1, -0.05) is 0 Å². The molecule has 0 unspecified atom stereocenters. The van der Waals surface area contributed by atoms with Crippen LogP contribution in [0.3, 0.4) is 0 Å². The summed E-state index contributed by atoms with van der Waals surface area (Å²) in [6, 6.07) is 3.87. The summed E-state index contributed by atoms with van der Waals surface area (Å²) >= 11 is 0. The molecule has 0 aliphatic carbocycles. The normalized spacial score (nSPS) is 14.9. The Kier molecular flexibility index (Phi) is 9.64. The van der Waals surface area contributed by atoms with Gasteiger partial charge < -0.3 is 24.7 Å². The molecule has 0 atom stereocenters. The molecule has 2 rings (SSSR count). The van der Waals surface area contributed by atoms with Crippen LogP contribution in [0.5, 0.6) is 0 Å². The third-order valence-electron chi connectivity index (χ3n) is 4.23. The largest absolute Gasteiger partial charge is 0.469 e. The molecular weight excluding hydrogens is 332 g/mol. The third kappa shape index (κ3) is 7.91. The topological polar surface area (TPSA) is 79.1 Å². The first kappa shape index (κ1) is 20.3. The quantitative estimate of drug-likeness (QED) is 0.336. The number of likely N-dealkylation sites (tertiary alicyclic amines) is 1. The van der Waals surface area contributed by atoms with Crippen LogP contribution in [0.25, 0.3) is 0 Å². The second-order valence-corrected chi connectivity index (χ2v) is 6.30. The van der Waals surface area contributed by atoms with Gasteiger partial charge >= 0.3 is 0 Å². The molecule has 7 heteroatoms. The number of carbonyl (C=O) groups is 1. The molecule has 1 aliphatic rings. The van der Waals surface area contributed by atoms with E-state index >= 15 is 0 Å². The van der Waals surface area contributed by atoms with E-state index in [1.807, 2.05) is 24.0 Å². The molecule has 26 heavy (non-hydrogen) atoms. The van der Waals surface area contributed by atoms with Crippen LogP contribution in [0.1, 0.15) is 38.4 Å². The van der Waals surface area contributed by atoms with Gasteiger partial charge in [0.05, 0.1) is 6.26 Å². The van der Waals surface area contributed by atoms with Crippen molar-refractivity contribution in [1.29, 1.82) is 0 Å². The first-order valence-corrected chi connectivity index (χ1v) is 9.69. The number of hydrogen-bond acceptors (Lipinski definition) is 4. The predicted molar refractivity (Wildman–Crippen MR) is 102 cm³/mol. The fraction of sp³-hybridized carbons (Fsp3) is 0.684. The van der Waals surface area contributed by atoms with Gasteiger partial charge in [0.15, 0.2) is 5.96 Å². The van der Waals surface area contributed by atoms with E-state index in [0.717, 1.165) is 76.8 Å². The first-order valence-electron chi connectivity index (χ1n) is 9.69. The minimum absolute atomic E-state index is 0.278. The maximum atomic E-state index is 11.6. The third-order valence-corrected chi connectivity index (χ3v) is 4.23. The molecular formula is C19H32N4O3. The van der Waals surface area contributed by atoms with Crippen molar-refractivity contribution in [3.05, 3.63) is 24.2 Å². The van der Waals surface area contributed by atoms with Crippen LogP contribution in [-0.4, -0.2) is 62.7 Å². The predicted octanol–water partition coefficient (Wildman–Crippen LogP) is 1.80. The summed E-state index contributed by atoms with van der Waals surface area (Å²) in [7, 11) is 0. The average Bonchev–Trinajstić information content (AvgIpc) is 3.30. The number of ether oxygens (including phenoxy) is 1. The molecule has 1 aromatic heterocycles. The highest BCUT2D eigenvalue weighted by Crippen LogP contribution is 2.09. The number of furan rings is 1. The molecule has 7 nitrogen and oxygen atoms in total. The first-order chi connectivity index (χ1) is 12.8. The zero-order valence-electron chi connectivity index (χ0n) is 15.8. The van der Waals surface area contributed by atoms with Crippen molar-refractivity contribution in [2.24, 2.45) is 4.99 Å². The van der Waals surface area contributed by atoms with Gasteiger partial charge in [0, 0.05) is 58.8 Å². The Labute approximate surface area is 156 Å². The summed E-state index contributed by atoms with van der Waals surface area (Å²) < 4.78 is 10.7. The van der Waals surface area contributed by atoms with Gasteiger partial charge in [-0.15, -0.1) is 0 Å². The highest BCUT2D eigenvalue weighted by atomic mass is 16.5. The van der Waals surface area contributed by atoms with E-state index in [1.54, 1.807) is 6.26 Å². The molecule has 2 N–H and O–H groups in total. The average molecular weight is 364 g/mol. The van der Waals surface area contributed by atoms with E-state index in [4.69, 9.17) is 9.15 Å². The minimum Gasteiger partial charge on any atom is -0.469 e. The zero-order chi connectivity index (χ0) is 18.5. The highest BCUT2D eigenvalue weighted by molar-refractivity contribution is 5.79. The molecule has 0 saturated carbocycles. The minimum atomic E-state index is 0.278. The van der Waals surface area contributed by atoms with Gasteiger partial charge in [0.2, 0.25) is 5.91 Å². The lowest BCUT2D eigenvalue weighted by Gasteiger charge is -2.15. The Morgan fingerprint density at radius 3 is 2.96 bits per heavy atom. The molecule has 1 aliphatic heterocycles. The molecule has 1 amide bonds. The fourth-order valence-corrected chi connectivity index (χ4v) is 2.85. The van der Waals surface area contributed by atoms with Crippen LogP contribution in [0.15, 0.2) is 27.8 Å². The number of aliphatic imine (C=N–C) groups is 1. The lowest BCUT2D eigenvalue weighted by atomic mass is 10.3. The standard InChI is InChI=1S/C19H32N4O3/c1-2-25-15-6-11-21-19(22-12-9-17-7-4-16-26-17)20-10-5-14-23-13-3-8-18(23)24/h4,7,16H,2-3,5-6,8-15H2,1H3,(H2,20,21,22). The number of amides is 1. The lowest BCUT2D eigenvalue weighted by molar-refractivity contribution is -0.127. The van der Waals surface area contributed by atoms with Crippen LogP contribution in [-0.2, 0) is 16.0 Å². The van der Waals surface area contributed by atoms with E-state index in [2.05, 4.69) is 15.6 Å². The molecule has 2 heterocycles. The fourth-order valence-electron chi connectivity index (χ4n) is 2.85. The van der Waals surface area contributed by atoms with Gasteiger partial charge in [-0.05, 0) is 38.3 Å². The van der Waals surface area contributed by atoms with Crippen LogP contribution < -0.4 is 10.6 Å². The molecule has 0 aromatic carbocycles. The molecule has 0 spiro atoms. The number of rotatable bonds is 12. The number of nitrogens with one attached hydrogen (secondary N) is 2. The van der Waals surface area contributed by atoms with Crippen LogP contribution in [0.4, 0.5) is 0 Å². The molecule has 0 bridgehead atoms. The van der Waals surface area contributed by atoms with Crippen molar-refractivity contribution in [3.63, 3.8) is 0 Å². The Morgan fingerprint density at radius 2 is 2.23 bits per heavy atom. The van der Waals surface area contributed by atoms with E-state index in [0.29, 0.717) is 13.0 Å². The van der Waals surface area contributed by atoms with Gasteiger partial charge in [-0.2, -0.15) is 0 Å². The second-order valence-electron chi connectivity index (χ2n) is 6.30. The van der Waals surface area contributed by atoms with E-state index in [9.17, 15) is 4.79 Å². The Bertz CT molecular complexity index is 531. The van der Waals surface area contributed by atoms with Crippen LogP contribution >= 0.6 is 0 Å². The van der Waals surface area contributed by atoms with Crippen molar-refractivity contribution in [2.75, 3.05) is 45.9 Å². The summed E-state index contributed by atoms with van der Waals surface area (Å²) in [6.45, 7) is 7.47. The van der Waals surface area contributed by atoms with E-state index in [1.165, 1.54) is 0 Å². The second kappa shape index (κ2) is 12.4. The molecule has 1 fully saturated rings. The van der Waals surface area contributed by atoms with E-state index in [-0.39, 0.29) is 5.91 Å².